The van der Waals surface area contributed by atoms with Crippen LogP contribution < -0.4 is 5.32 Å². The summed E-state index contributed by atoms with van der Waals surface area (Å²) in [4.78, 5) is 4.71. The van der Waals surface area contributed by atoms with Crippen LogP contribution in [0.1, 0.15) is 36.9 Å². The molecule has 4 heteroatoms. The molecule has 92 valence electrons. The molecule has 2 rings (SSSR count). The summed E-state index contributed by atoms with van der Waals surface area (Å²) in [5, 5.41) is 3.40. The second-order valence-corrected chi connectivity index (χ2v) is 6.20. The van der Waals surface area contributed by atoms with Crippen molar-refractivity contribution in [1.82, 2.24) is 4.98 Å². The zero-order valence-corrected chi connectivity index (χ0v) is 11.9. The molecule has 0 spiro atoms. The highest BCUT2D eigenvalue weighted by Crippen LogP contribution is 2.20. The number of rotatable bonds is 5. The van der Waals surface area contributed by atoms with E-state index in [1.807, 2.05) is 0 Å². The van der Waals surface area contributed by atoms with Gasteiger partial charge in [0.25, 0.3) is 0 Å². The second kappa shape index (κ2) is 6.40. The monoisotopic (exact) mass is 248 g/mol. The Morgan fingerprint density at radius 3 is 3.12 bits per heavy atom. The van der Waals surface area contributed by atoms with E-state index in [2.05, 4.69) is 34.5 Å². The van der Waals surface area contributed by atoms with Gasteiger partial charge in [-0.3, -0.25) is 0 Å². The molecule has 0 bridgehead atoms. The average molecular weight is 248 g/mol. The molecule has 1 N–H and O–H groups in total. The van der Waals surface area contributed by atoms with Crippen LogP contribution in [0.2, 0.25) is 0 Å². The summed E-state index contributed by atoms with van der Waals surface area (Å²) in [5.74, 6) is 1.13. The molecule has 0 aromatic carbocycles. The lowest BCUT2D eigenvalue weighted by Crippen LogP contribution is -2.14. The highest BCUT2D eigenvalue weighted by Gasteiger charge is 2.09. The van der Waals surface area contributed by atoms with E-state index in [0.29, 0.717) is 0 Å². The van der Waals surface area contributed by atoms with Gasteiger partial charge in [-0.05, 0) is 37.3 Å². The predicted molar refractivity (Wildman–Crippen MR) is 80.6 cm³/mol. The number of hydrogen-bond donors (Lipinski definition) is 1. The lowest BCUT2D eigenvalue weighted by Gasteiger charge is -2.17. The number of pyridine rings is 1. The minimum absolute atomic E-state index is 0.744. The summed E-state index contributed by atoms with van der Waals surface area (Å²) in [6.45, 7) is 1.08. The fourth-order valence-electron chi connectivity index (χ4n) is 2.28. The van der Waals surface area contributed by atoms with Crippen LogP contribution in [0.4, 0.5) is 5.82 Å². The molecule has 2 unspecified atom stereocenters. The third-order valence-electron chi connectivity index (χ3n) is 3.29. The van der Waals surface area contributed by atoms with Gasteiger partial charge < -0.3 is 5.32 Å². The first-order chi connectivity index (χ1) is 8.25. The second-order valence-electron chi connectivity index (χ2n) is 5.06. The molecule has 1 aromatic rings. The highest BCUT2D eigenvalue weighted by atomic mass is 31.0. The van der Waals surface area contributed by atoms with Gasteiger partial charge in [0, 0.05) is 12.2 Å². The lowest BCUT2D eigenvalue weighted by atomic mass is 9.97. The van der Waals surface area contributed by atoms with E-state index in [9.17, 15) is 0 Å². The molecular formula is C13H22BN2P. The van der Waals surface area contributed by atoms with Crippen molar-refractivity contribution in [1.29, 1.82) is 0 Å². The van der Waals surface area contributed by atoms with E-state index in [4.69, 9.17) is 4.98 Å². The fraction of sp³-hybridized carbons (Fsp3) is 0.615. The molecule has 0 saturated carbocycles. The van der Waals surface area contributed by atoms with Gasteiger partial charge in [0.15, 0.2) is 0 Å². The van der Waals surface area contributed by atoms with Crippen LogP contribution in [-0.4, -0.2) is 24.9 Å². The third kappa shape index (κ3) is 3.99. The molecule has 1 aliphatic heterocycles. The minimum atomic E-state index is 0.744. The van der Waals surface area contributed by atoms with E-state index >= 15 is 0 Å². The Kier molecular flexibility index (Phi) is 4.85. The maximum absolute atomic E-state index is 4.71. The molecule has 2 heterocycles. The predicted octanol–water partition coefficient (Wildman–Crippen LogP) is 1.99. The van der Waals surface area contributed by atoms with Crippen molar-refractivity contribution < 1.29 is 0 Å². The number of aromatic nitrogens is 1. The van der Waals surface area contributed by atoms with Crippen molar-refractivity contribution >= 4 is 22.9 Å². The number of aryl methyl sites for hydroxylation is 2. The molecule has 1 aliphatic rings. The van der Waals surface area contributed by atoms with Crippen molar-refractivity contribution in [3.63, 3.8) is 0 Å². The quantitative estimate of drug-likeness (QED) is 0.489. The van der Waals surface area contributed by atoms with Crippen LogP contribution >= 0.6 is 9.24 Å². The first-order valence-electron chi connectivity index (χ1n) is 6.74. The van der Waals surface area contributed by atoms with Gasteiger partial charge in [0.1, 0.15) is 13.7 Å². The first kappa shape index (κ1) is 12.9. The fourth-order valence-corrected chi connectivity index (χ4v) is 2.52. The maximum Gasteiger partial charge on any atom is 0.129 e. The van der Waals surface area contributed by atoms with E-state index in [1.54, 1.807) is 0 Å². The van der Waals surface area contributed by atoms with Gasteiger partial charge in [0.2, 0.25) is 0 Å². The van der Waals surface area contributed by atoms with Crippen LogP contribution in [0.25, 0.3) is 0 Å². The Bertz CT molecular complexity index is 368. The SMILES string of the molecule is BC(P)CCCCc1ccc2c(n1)NCCC2. The Hall–Kier alpha value is -0.555. The molecule has 0 aliphatic carbocycles. The first-order valence-corrected chi connectivity index (χ1v) is 7.40. The van der Waals surface area contributed by atoms with E-state index < -0.39 is 0 Å². The zero-order chi connectivity index (χ0) is 12.1. The largest absolute Gasteiger partial charge is 0.370 e. The standard InChI is InChI=1S/C13H22BN2P/c14-12(17)6-2-1-5-11-8-7-10-4-3-9-15-13(10)16-11/h7-8,12H,1-6,9,14,17H2,(H,15,16). The topological polar surface area (TPSA) is 24.9 Å². The summed E-state index contributed by atoms with van der Waals surface area (Å²) in [6, 6.07) is 4.46. The summed E-state index contributed by atoms with van der Waals surface area (Å²) in [6.07, 6.45) is 7.39. The highest BCUT2D eigenvalue weighted by molar-refractivity contribution is 7.20. The molecule has 2 nitrogen and oxygen atoms in total. The minimum Gasteiger partial charge on any atom is -0.370 e. The van der Waals surface area contributed by atoms with Crippen molar-refractivity contribution in [2.24, 2.45) is 0 Å². The van der Waals surface area contributed by atoms with Gasteiger partial charge >= 0.3 is 0 Å². The number of nitrogens with zero attached hydrogens (tertiary/aromatic N) is 1. The van der Waals surface area contributed by atoms with Crippen molar-refractivity contribution in [3.8, 4) is 0 Å². The van der Waals surface area contributed by atoms with Gasteiger partial charge in [-0.1, -0.05) is 24.5 Å². The van der Waals surface area contributed by atoms with Gasteiger partial charge in [-0.15, -0.1) is 9.24 Å². The van der Waals surface area contributed by atoms with Gasteiger partial charge in [0.05, 0.1) is 0 Å². The number of unbranched alkanes of at least 4 members (excludes halogenated alkanes) is 1. The number of fused-ring (bicyclic) bond motifs is 1. The summed E-state index contributed by atoms with van der Waals surface area (Å²) < 4.78 is 0. The normalized spacial score (nSPS) is 16.1. The van der Waals surface area contributed by atoms with Crippen LogP contribution in [0.3, 0.4) is 0 Å². The van der Waals surface area contributed by atoms with E-state index in [1.165, 1.54) is 43.4 Å². The molecule has 0 radical (unpaired) electrons. The van der Waals surface area contributed by atoms with Crippen molar-refractivity contribution in [2.75, 3.05) is 11.9 Å². The molecule has 17 heavy (non-hydrogen) atoms. The molecular weight excluding hydrogens is 226 g/mol. The summed E-state index contributed by atoms with van der Waals surface area (Å²) in [7, 11) is 5.12. The van der Waals surface area contributed by atoms with Crippen LogP contribution in [0.5, 0.6) is 0 Å². The third-order valence-corrected chi connectivity index (χ3v) is 3.63. The Morgan fingerprint density at radius 2 is 2.29 bits per heavy atom. The van der Waals surface area contributed by atoms with E-state index in [-0.39, 0.29) is 0 Å². The zero-order valence-electron chi connectivity index (χ0n) is 10.7. The van der Waals surface area contributed by atoms with Gasteiger partial charge in [-0.25, -0.2) is 4.98 Å². The van der Waals surface area contributed by atoms with Crippen LogP contribution in [0.15, 0.2) is 12.1 Å². The maximum atomic E-state index is 4.71. The summed E-state index contributed by atoms with van der Waals surface area (Å²) in [5.41, 5.74) is 3.38. The molecule has 0 amide bonds. The average Bonchev–Trinajstić information content (AvgIpc) is 2.34. The van der Waals surface area contributed by atoms with E-state index in [0.717, 1.165) is 24.3 Å². The Labute approximate surface area is 108 Å². The number of anilines is 1. The lowest BCUT2D eigenvalue weighted by molar-refractivity contribution is 0.697. The Balaban J connectivity index is 1.85. The molecule has 2 atom stereocenters. The smallest absolute Gasteiger partial charge is 0.129 e. The molecule has 0 saturated heterocycles. The Morgan fingerprint density at radius 1 is 1.41 bits per heavy atom. The molecule has 0 fully saturated rings. The van der Waals surface area contributed by atoms with Crippen molar-refractivity contribution in [3.05, 3.63) is 23.4 Å². The molecule has 1 aromatic heterocycles. The van der Waals surface area contributed by atoms with Crippen LogP contribution in [-0.2, 0) is 12.8 Å². The summed E-state index contributed by atoms with van der Waals surface area (Å²) >= 11 is 0. The van der Waals surface area contributed by atoms with Crippen molar-refractivity contribution in [2.45, 2.75) is 44.1 Å². The number of hydrogen-bond acceptors (Lipinski definition) is 2. The van der Waals surface area contributed by atoms with Crippen LogP contribution in [0, 0.1) is 0 Å². The number of nitrogens with one attached hydrogen (secondary N) is 1. The van der Waals surface area contributed by atoms with Gasteiger partial charge in [-0.2, -0.15) is 0 Å².